The Morgan fingerprint density at radius 2 is 2.17 bits per heavy atom. The Labute approximate surface area is 136 Å². The van der Waals surface area contributed by atoms with Crippen LogP contribution in [0.25, 0.3) is 0 Å². The maximum Gasteiger partial charge on any atom is 0.240 e. The second-order valence-corrected chi connectivity index (χ2v) is 6.16. The molecule has 2 heterocycles. The fourth-order valence-electron chi connectivity index (χ4n) is 3.34. The molecule has 0 saturated carbocycles. The SMILES string of the molecule is COCc1noc(CN2CCCC(CO)(c3ccccc3)C2)n1. The lowest BCUT2D eigenvalue weighted by atomic mass is 9.75. The van der Waals surface area contributed by atoms with Gasteiger partial charge < -0.3 is 14.4 Å². The third-order valence-corrected chi connectivity index (χ3v) is 4.49. The molecule has 0 bridgehead atoms. The molecule has 1 aliphatic heterocycles. The fourth-order valence-corrected chi connectivity index (χ4v) is 3.34. The highest BCUT2D eigenvalue weighted by Gasteiger charge is 2.36. The van der Waals surface area contributed by atoms with Crippen LogP contribution >= 0.6 is 0 Å². The van der Waals surface area contributed by atoms with Gasteiger partial charge in [0.25, 0.3) is 0 Å². The summed E-state index contributed by atoms with van der Waals surface area (Å²) >= 11 is 0. The van der Waals surface area contributed by atoms with Crippen LogP contribution in [0, 0.1) is 0 Å². The third-order valence-electron chi connectivity index (χ3n) is 4.49. The van der Waals surface area contributed by atoms with Crippen molar-refractivity contribution in [1.29, 1.82) is 0 Å². The molecule has 23 heavy (non-hydrogen) atoms. The van der Waals surface area contributed by atoms with Gasteiger partial charge in [0, 0.05) is 19.1 Å². The summed E-state index contributed by atoms with van der Waals surface area (Å²) in [6.07, 6.45) is 2.03. The van der Waals surface area contributed by atoms with Crippen molar-refractivity contribution < 1.29 is 14.4 Å². The molecule has 6 nitrogen and oxygen atoms in total. The molecule has 1 aromatic carbocycles. The molecule has 3 rings (SSSR count). The van der Waals surface area contributed by atoms with Gasteiger partial charge in [-0.3, -0.25) is 4.90 Å². The molecule has 1 N–H and O–H groups in total. The van der Waals surface area contributed by atoms with E-state index in [1.807, 2.05) is 18.2 Å². The second kappa shape index (κ2) is 7.21. The van der Waals surface area contributed by atoms with Crippen LogP contribution in [-0.4, -0.2) is 47.0 Å². The van der Waals surface area contributed by atoms with Crippen molar-refractivity contribution in [3.8, 4) is 0 Å². The molecule has 124 valence electrons. The van der Waals surface area contributed by atoms with Crippen molar-refractivity contribution >= 4 is 0 Å². The molecule has 2 aromatic rings. The number of methoxy groups -OCH3 is 1. The van der Waals surface area contributed by atoms with E-state index in [9.17, 15) is 5.11 Å². The molecule has 6 heteroatoms. The topological polar surface area (TPSA) is 71.6 Å². The molecule has 1 aliphatic rings. The molecular formula is C17H23N3O3. The Kier molecular flexibility index (Phi) is 5.05. The van der Waals surface area contributed by atoms with Crippen molar-refractivity contribution in [3.05, 3.63) is 47.6 Å². The number of aliphatic hydroxyl groups is 1. The summed E-state index contributed by atoms with van der Waals surface area (Å²) in [6, 6.07) is 10.3. The lowest BCUT2D eigenvalue weighted by Gasteiger charge is -2.41. The van der Waals surface area contributed by atoms with Crippen LogP contribution in [0.3, 0.4) is 0 Å². The first-order valence-corrected chi connectivity index (χ1v) is 7.95. The summed E-state index contributed by atoms with van der Waals surface area (Å²) in [5.74, 6) is 1.16. The molecule has 1 saturated heterocycles. The van der Waals surface area contributed by atoms with E-state index in [2.05, 4.69) is 27.2 Å². The summed E-state index contributed by atoms with van der Waals surface area (Å²) in [5, 5.41) is 14.0. The van der Waals surface area contributed by atoms with Crippen molar-refractivity contribution in [2.45, 2.75) is 31.4 Å². The van der Waals surface area contributed by atoms with E-state index in [1.54, 1.807) is 7.11 Å². The smallest absolute Gasteiger partial charge is 0.240 e. The zero-order chi connectivity index (χ0) is 16.1. The molecule has 1 atom stereocenters. The van der Waals surface area contributed by atoms with Crippen molar-refractivity contribution in [2.24, 2.45) is 0 Å². The van der Waals surface area contributed by atoms with Crippen LogP contribution < -0.4 is 0 Å². The zero-order valence-electron chi connectivity index (χ0n) is 13.4. The summed E-state index contributed by atoms with van der Waals surface area (Å²) in [4.78, 5) is 6.61. The van der Waals surface area contributed by atoms with Crippen molar-refractivity contribution in [1.82, 2.24) is 15.0 Å². The highest BCUT2D eigenvalue weighted by atomic mass is 16.5. The van der Waals surface area contributed by atoms with E-state index in [0.29, 0.717) is 24.9 Å². The molecule has 0 radical (unpaired) electrons. The van der Waals surface area contributed by atoms with Gasteiger partial charge in [0.05, 0.1) is 13.2 Å². The van der Waals surface area contributed by atoms with Crippen LogP contribution in [0.2, 0.25) is 0 Å². The van der Waals surface area contributed by atoms with Crippen LogP contribution in [0.5, 0.6) is 0 Å². The standard InChI is InChI=1S/C17H23N3O3/c1-22-11-15-18-16(23-19-15)10-20-9-5-8-17(12-20,13-21)14-6-3-2-4-7-14/h2-4,6-7,21H,5,8-13H2,1H3. The fraction of sp³-hybridized carbons (Fsp3) is 0.529. The van der Waals surface area contributed by atoms with Gasteiger partial charge in [0.1, 0.15) is 6.61 Å². The van der Waals surface area contributed by atoms with E-state index in [0.717, 1.165) is 25.9 Å². The minimum atomic E-state index is -0.213. The lowest BCUT2D eigenvalue weighted by molar-refractivity contribution is 0.0783. The first kappa shape index (κ1) is 16.1. The number of aromatic nitrogens is 2. The normalized spacial score (nSPS) is 22.3. The number of benzene rings is 1. The van der Waals surface area contributed by atoms with Gasteiger partial charge in [0.15, 0.2) is 5.82 Å². The van der Waals surface area contributed by atoms with Gasteiger partial charge >= 0.3 is 0 Å². The molecule has 1 aromatic heterocycles. The van der Waals surface area contributed by atoms with E-state index in [-0.39, 0.29) is 12.0 Å². The maximum absolute atomic E-state index is 10.1. The Bertz CT molecular complexity index is 617. The highest BCUT2D eigenvalue weighted by molar-refractivity contribution is 5.27. The van der Waals surface area contributed by atoms with Gasteiger partial charge in [-0.25, -0.2) is 0 Å². The predicted molar refractivity (Wildman–Crippen MR) is 84.7 cm³/mol. The summed E-state index contributed by atoms with van der Waals surface area (Å²) in [7, 11) is 1.61. The average Bonchev–Trinajstić information content (AvgIpc) is 3.03. The Morgan fingerprint density at radius 1 is 1.35 bits per heavy atom. The minimum absolute atomic E-state index is 0.145. The van der Waals surface area contributed by atoms with Gasteiger partial charge in [0.2, 0.25) is 5.89 Å². The van der Waals surface area contributed by atoms with Gasteiger partial charge in [-0.2, -0.15) is 4.98 Å². The number of ether oxygens (including phenoxy) is 1. The van der Waals surface area contributed by atoms with E-state index < -0.39 is 0 Å². The quantitative estimate of drug-likeness (QED) is 0.875. The highest BCUT2D eigenvalue weighted by Crippen LogP contribution is 2.34. The molecule has 0 amide bonds. The van der Waals surface area contributed by atoms with E-state index >= 15 is 0 Å². The minimum Gasteiger partial charge on any atom is -0.395 e. The molecule has 0 aliphatic carbocycles. The summed E-state index contributed by atoms with van der Waals surface area (Å²) in [5.41, 5.74) is 0.979. The lowest BCUT2D eigenvalue weighted by Crippen LogP contribution is -2.48. The van der Waals surface area contributed by atoms with Crippen molar-refractivity contribution in [2.75, 3.05) is 26.8 Å². The Morgan fingerprint density at radius 3 is 2.91 bits per heavy atom. The molecule has 0 spiro atoms. The molecule has 1 unspecified atom stereocenters. The van der Waals surface area contributed by atoms with Gasteiger partial charge in [-0.15, -0.1) is 0 Å². The van der Waals surface area contributed by atoms with Crippen LogP contribution in [0.1, 0.15) is 30.1 Å². The largest absolute Gasteiger partial charge is 0.395 e. The van der Waals surface area contributed by atoms with E-state index in [4.69, 9.17) is 9.26 Å². The first-order valence-electron chi connectivity index (χ1n) is 7.95. The van der Waals surface area contributed by atoms with Crippen LogP contribution in [-0.2, 0) is 23.3 Å². The summed E-state index contributed by atoms with van der Waals surface area (Å²) < 4.78 is 10.3. The average molecular weight is 317 g/mol. The first-order chi connectivity index (χ1) is 11.3. The van der Waals surface area contributed by atoms with Crippen LogP contribution in [0.4, 0.5) is 0 Å². The van der Waals surface area contributed by atoms with E-state index in [1.165, 1.54) is 5.56 Å². The zero-order valence-corrected chi connectivity index (χ0v) is 13.4. The number of piperidine rings is 1. The third kappa shape index (κ3) is 3.60. The monoisotopic (exact) mass is 317 g/mol. The number of rotatable bonds is 6. The second-order valence-electron chi connectivity index (χ2n) is 6.16. The Balaban J connectivity index is 1.71. The van der Waals surface area contributed by atoms with Crippen molar-refractivity contribution in [3.63, 3.8) is 0 Å². The summed E-state index contributed by atoms with van der Waals surface area (Å²) in [6.45, 7) is 2.86. The predicted octanol–water partition coefficient (Wildman–Crippen LogP) is 1.74. The number of nitrogens with zero attached hydrogens (tertiary/aromatic N) is 3. The number of hydrogen-bond acceptors (Lipinski definition) is 6. The van der Waals surface area contributed by atoms with Crippen LogP contribution in [0.15, 0.2) is 34.9 Å². The molecule has 1 fully saturated rings. The maximum atomic E-state index is 10.1. The number of aliphatic hydroxyl groups excluding tert-OH is 1. The Hall–Kier alpha value is -1.76. The number of hydrogen-bond donors (Lipinski definition) is 1. The molecular weight excluding hydrogens is 294 g/mol. The van der Waals surface area contributed by atoms with Gasteiger partial charge in [-0.05, 0) is 24.9 Å². The van der Waals surface area contributed by atoms with Gasteiger partial charge in [-0.1, -0.05) is 35.5 Å². The number of likely N-dealkylation sites (tertiary alicyclic amines) is 1.